The van der Waals surface area contributed by atoms with Gasteiger partial charge in [0.2, 0.25) is 0 Å². The molecule has 0 saturated heterocycles. The predicted octanol–water partition coefficient (Wildman–Crippen LogP) is 3.67. The Hall–Kier alpha value is -1.51. The molecular formula is C17H26N2O. The molecule has 2 rings (SSSR count). The Bertz CT molecular complexity index is 427. The van der Waals surface area contributed by atoms with Crippen molar-refractivity contribution in [3.05, 3.63) is 29.8 Å². The van der Waals surface area contributed by atoms with E-state index in [0.29, 0.717) is 5.56 Å². The highest BCUT2D eigenvalue weighted by atomic mass is 16.1. The molecule has 3 heteroatoms. The lowest BCUT2D eigenvalue weighted by molar-refractivity contribution is 0.0963. The first kappa shape index (κ1) is 14.9. The molecule has 110 valence electrons. The van der Waals surface area contributed by atoms with E-state index in [2.05, 4.69) is 17.6 Å². The van der Waals surface area contributed by atoms with Crippen molar-refractivity contribution in [2.24, 2.45) is 11.8 Å². The normalized spacial score (nSPS) is 22.3. The number of benzene rings is 1. The van der Waals surface area contributed by atoms with Crippen molar-refractivity contribution < 1.29 is 4.79 Å². The molecule has 1 aromatic carbocycles. The fourth-order valence-electron chi connectivity index (χ4n) is 3.10. The van der Waals surface area contributed by atoms with Crippen LogP contribution in [0.2, 0.25) is 0 Å². The highest BCUT2D eigenvalue weighted by Gasteiger charge is 2.20. The first-order valence-corrected chi connectivity index (χ1v) is 7.79. The summed E-state index contributed by atoms with van der Waals surface area (Å²) in [5, 5.41) is 6.15. The molecule has 0 unspecified atom stereocenters. The van der Waals surface area contributed by atoms with Crippen LogP contribution in [0, 0.1) is 11.8 Å². The highest BCUT2D eigenvalue weighted by molar-refractivity contribution is 5.94. The third-order valence-electron chi connectivity index (χ3n) is 4.44. The van der Waals surface area contributed by atoms with E-state index >= 15 is 0 Å². The van der Waals surface area contributed by atoms with Crippen LogP contribution in [-0.2, 0) is 0 Å². The molecule has 2 N–H and O–H groups in total. The summed E-state index contributed by atoms with van der Waals surface area (Å²) >= 11 is 0. The quantitative estimate of drug-likeness (QED) is 0.860. The molecular weight excluding hydrogens is 248 g/mol. The van der Waals surface area contributed by atoms with Crippen LogP contribution in [0.5, 0.6) is 0 Å². The lowest BCUT2D eigenvalue weighted by Crippen LogP contribution is -2.22. The van der Waals surface area contributed by atoms with E-state index < -0.39 is 0 Å². The van der Waals surface area contributed by atoms with Crippen LogP contribution in [0.3, 0.4) is 0 Å². The zero-order valence-corrected chi connectivity index (χ0v) is 12.6. The second kappa shape index (κ2) is 7.32. The second-order valence-electron chi connectivity index (χ2n) is 5.84. The number of carbonyl (C=O) groups is 1. The molecule has 1 saturated carbocycles. The number of carbonyl (C=O) groups excluding carboxylic acids is 1. The Morgan fingerprint density at radius 3 is 2.55 bits per heavy atom. The smallest absolute Gasteiger partial charge is 0.251 e. The largest absolute Gasteiger partial charge is 0.385 e. The van der Waals surface area contributed by atoms with E-state index in [0.717, 1.165) is 24.1 Å². The third kappa shape index (κ3) is 3.99. The Labute approximate surface area is 122 Å². The van der Waals surface area contributed by atoms with Gasteiger partial charge in [-0.1, -0.05) is 26.2 Å². The summed E-state index contributed by atoms with van der Waals surface area (Å²) in [6, 6.07) is 7.73. The van der Waals surface area contributed by atoms with Gasteiger partial charge in [-0.25, -0.2) is 0 Å². The van der Waals surface area contributed by atoms with Gasteiger partial charge in [-0.3, -0.25) is 4.79 Å². The molecule has 1 aromatic rings. The maximum absolute atomic E-state index is 11.5. The van der Waals surface area contributed by atoms with Gasteiger partial charge >= 0.3 is 0 Å². The molecule has 1 aliphatic carbocycles. The number of hydrogen-bond acceptors (Lipinski definition) is 2. The van der Waals surface area contributed by atoms with Crippen LogP contribution < -0.4 is 10.6 Å². The van der Waals surface area contributed by atoms with Crippen LogP contribution in [0.15, 0.2) is 24.3 Å². The van der Waals surface area contributed by atoms with Crippen molar-refractivity contribution in [1.82, 2.24) is 5.32 Å². The Morgan fingerprint density at radius 2 is 1.90 bits per heavy atom. The minimum atomic E-state index is -0.0328. The maximum Gasteiger partial charge on any atom is 0.251 e. The van der Waals surface area contributed by atoms with Crippen LogP contribution in [0.1, 0.15) is 49.4 Å². The van der Waals surface area contributed by atoms with Crippen molar-refractivity contribution in [2.75, 3.05) is 18.9 Å². The summed E-state index contributed by atoms with van der Waals surface area (Å²) in [4.78, 5) is 11.5. The summed E-state index contributed by atoms with van der Waals surface area (Å²) in [6.45, 7) is 3.35. The van der Waals surface area contributed by atoms with E-state index in [4.69, 9.17) is 0 Å². The second-order valence-corrected chi connectivity index (χ2v) is 5.84. The Balaban J connectivity index is 1.83. The molecule has 3 nitrogen and oxygen atoms in total. The Kier molecular flexibility index (Phi) is 5.45. The summed E-state index contributed by atoms with van der Waals surface area (Å²) in [7, 11) is 1.65. The zero-order valence-electron chi connectivity index (χ0n) is 12.6. The fourth-order valence-corrected chi connectivity index (χ4v) is 3.10. The van der Waals surface area contributed by atoms with E-state index in [-0.39, 0.29) is 5.91 Å². The average Bonchev–Trinajstić information content (AvgIpc) is 2.53. The van der Waals surface area contributed by atoms with E-state index in [1.165, 1.54) is 32.1 Å². The van der Waals surface area contributed by atoms with Crippen molar-refractivity contribution in [1.29, 1.82) is 0 Å². The monoisotopic (exact) mass is 274 g/mol. The molecule has 0 heterocycles. The molecule has 0 radical (unpaired) electrons. The SMILES string of the molecule is CC[C@@H]1CCC[C@H](CNc2ccc(C(=O)NC)cc2)C1. The van der Waals surface area contributed by atoms with Gasteiger partial charge in [0.1, 0.15) is 0 Å². The number of rotatable bonds is 5. The van der Waals surface area contributed by atoms with E-state index in [9.17, 15) is 4.79 Å². The number of hydrogen-bond donors (Lipinski definition) is 2. The third-order valence-corrected chi connectivity index (χ3v) is 4.44. The van der Waals surface area contributed by atoms with Gasteiger partial charge in [0.05, 0.1) is 0 Å². The lowest BCUT2D eigenvalue weighted by Gasteiger charge is -2.28. The summed E-state index contributed by atoms with van der Waals surface area (Å²) in [6.07, 6.45) is 6.81. The summed E-state index contributed by atoms with van der Waals surface area (Å²) in [5.41, 5.74) is 1.82. The number of amides is 1. The van der Waals surface area contributed by atoms with E-state index in [1.807, 2.05) is 24.3 Å². The van der Waals surface area contributed by atoms with Gasteiger partial charge in [-0.05, 0) is 48.9 Å². The molecule has 1 fully saturated rings. The zero-order chi connectivity index (χ0) is 14.4. The predicted molar refractivity (Wildman–Crippen MR) is 84.1 cm³/mol. The first-order valence-electron chi connectivity index (χ1n) is 7.79. The molecule has 2 atom stereocenters. The molecule has 20 heavy (non-hydrogen) atoms. The van der Waals surface area contributed by atoms with Crippen LogP contribution in [0.4, 0.5) is 5.69 Å². The van der Waals surface area contributed by atoms with Gasteiger partial charge in [-0.2, -0.15) is 0 Å². The van der Waals surface area contributed by atoms with Gasteiger partial charge < -0.3 is 10.6 Å². The van der Waals surface area contributed by atoms with Crippen molar-refractivity contribution in [2.45, 2.75) is 39.0 Å². The average molecular weight is 274 g/mol. The maximum atomic E-state index is 11.5. The van der Waals surface area contributed by atoms with Gasteiger partial charge in [0, 0.05) is 24.8 Å². The summed E-state index contributed by atoms with van der Waals surface area (Å²) in [5.74, 6) is 1.69. The van der Waals surface area contributed by atoms with Crippen LogP contribution in [-0.4, -0.2) is 19.5 Å². The van der Waals surface area contributed by atoms with Crippen molar-refractivity contribution in [3.8, 4) is 0 Å². The molecule has 0 bridgehead atoms. The minimum Gasteiger partial charge on any atom is -0.385 e. The summed E-state index contributed by atoms with van der Waals surface area (Å²) < 4.78 is 0. The van der Waals surface area contributed by atoms with Gasteiger partial charge in [0.15, 0.2) is 0 Å². The van der Waals surface area contributed by atoms with Crippen molar-refractivity contribution in [3.63, 3.8) is 0 Å². The topological polar surface area (TPSA) is 41.1 Å². The van der Waals surface area contributed by atoms with Gasteiger partial charge in [0.25, 0.3) is 5.91 Å². The standard InChI is InChI=1S/C17H26N2O/c1-3-13-5-4-6-14(11-13)12-19-16-9-7-15(8-10-16)17(20)18-2/h7-10,13-14,19H,3-6,11-12H2,1-2H3,(H,18,20)/t13-,14+/m1/s1. The fraction of sp³-hybridized carbons (Fsp3) is 0.588. The molecule has 0 spiro atoms. The highest BCUT2D eigenvalue weighted by Crippen LogP contribution is 2.31. The lowest BCUT2D eigenvalue weighted by atomic mass is 9.80. The minimum absolute atomic E-state index is 0.0328. The van der Waals surface area contributed by atoms with Crippen LogP contribution in [0.25, 0.3) is 0 Å². The number of anilines is 1. The molecule has 1 amide bonds. The first-order chi connectivity index (χ1) is 9.72. The van der Waals surface area contributed by atoms with Gasteiger partial charge in [-0.15, -0.1) is 0 Å². The molecule has 1 aliphatic rings. The number of nitrogens with one attached hydrogen (secondary N) is 2. The molecule has 0 aliphatic heterocycles. The Morgan fingerprint density at radius 1 is 1.20 bits per heavy atom. The van der Waals surface area contributed by atoms with Crippen LogP contribution >= 0.6 is 0 Å². The van der Waals surface area contributed by atoms with Crippen molar-refractivity contribution >= 4 is 11.6 Å². The molecule has 0 aromatic heterocycles. The van der Waals surface area contributed by atoms with E-state index in [1.54, 1.807) is 7.05 Å².